The number of aryl methyl sites for hydroxylation is 2. The summed E-state index contributed by atoms with van der Waals surface area (Å²) in [5, 5.41) is 13.3. The highest BCUT2D eigenvalue weighted by Gasteiger charge is 2.14. The maximum Gasteiger partial charge on any atom is 0.339 e. The van der Waals surface area contributed by atoms with Gasteiger partial charge in [-0.2, -0.15) is 5.10 Å². The van der Waals surface area contributed by atoms with Gasteiger partial charge >= 0.3 is 5.97 Å². The van der Waals surface area contributed by atoms with Crippen LogP contribution in [0.3, 0.4) is 0 Å². The maximum atomic E-state index is 11.1. The molecule has 0 bridgehead atoms. The molecule has 0 radical (unpaired) electrons. The summed E-state index contributed by atoms with van der Waals surface area (Å²) in [4.78, 5) is 11.1. The molecule has 18 heavy (non-hydrogen) atoms. The number of aromatic nitrogens is 2. The Bertz CT molecular complexity index is 607. The van der Waals surface area contributed by atoms with Crippen LogP contribution >= 0.6 is 15.9 Å². The molecule has 0 atom stereocenters. The molecule has 0 aliphatic heterocycles. The Morgan fingerprint density at radius 2 is 2.17 bits per heavy atom. The highest BCUT2D eigenvalue weighted by atomic mass is 79.9. The quantitative estimate of drug-likeness (QED) is 0.946. The zero-order valence-electron chi connectivity index (χ0n) is 9.85. The monoisotopic (exact) mass is 310 g/mol. The molecule has 1 N–H and O–H groups in total. The van der Waals surface area contributed by atoms with E-state index in [9.17, 15) is 4.79 Å². The second kappa shape index (κ2) is 4.81. The van der Waals surface area contributed by atoms with Crippen LogP contribution in [-0.2, 0) is 7.05 Å². The molecule has 0 saturated heterocycles. The summed E-state index contributed by atoms with van der Waals surface area (Å²) in [5.41, 5.74) is 0.907. The predicted molar refractivity (Wildman–Crippen MR) is 69.1 cm³/mol. The average molecular weight is 311 g/mol. The molecule has 6 heteroatoms. The van der Waals surface area contributed by atoms with E-state index in [-0.39, 0.29) is 11.3 Å². The lowest BCUT2D eigenvalue weighted by atomic mass is 10.2. The molecule has 0 aliphatic rings. The SMILES string of the molecule is Cc1cc(Oc2ccc(Br)cc2C(=O)O)n(C)n1. The zero-order valence-corrected chi connectivity index (χ0v) is 11.4. The summed E-state index contributed by atoms with van der Waals surface area (Å²) in [7, 11) is 1.74. The number of hydrogen-bond donors (Lipinski definition) is 1. The molecule has 5 nitrogen and oxygen atoms in total. The molecule has 94 valence electrons. The number of ether oxygens (including phenoxy) is 1. The van der Waals surface area contributed by atoms with E-state index in [1.807, 2.05) is 6.92 Å². The molecule has 0 amide bonds. The summed E-state index contributed by atoms with van der Waals surface area (Å²) >= 11 is 3.23. The lowest BCUT2D eigenvalue weighted by Gasteiger charge is -2.08. The predicted octanol–water partition coefficient (Wildman–Crippen LogP) is 2.98. The minimum Gasteiger partial charge on any atom is -0.478 e. The topological polar surface area (TPSA) is 64.3 Å². The standard InChI is InChI=1S/C12H11BrN2O3/c1-7-5-11(15(2)14-7)18-10-4-3-8(13)6-9(10)12(16)17/h3-6H,1-2H3,(H,16,17). The molecule has 2 rings (SSSR count). The van der Waals surface area contributed by atoms with Crippen molar-refractivity contribution in [3.63, 3.8) is 0 Å². The fraction of sp³-hybridized carbons (Fsp3) is 0.167. The van der Waals surface area contributed by atoms with Crippen LogP contribution in [0.4, 0.5) is 0 Å². The van der Waals surface area contributed by atoms with Gasteiger partial charge < -0.3 is 9.84 Å². The third-order valence-electron chi connectivity index (χ3n) is 2.35. The van der Waals surface area contributed by atoms with Crippen LogP contribution in [0.1, 0.15) is 16.1 Å². The van der Waals surface area contributed by atoms with Gasteiger partial charge in [0.05, 0.1) is 5.69 Å². The minimum atomic E-state index is -1.04. The highest BCUT2D eigenvalue weighted by Crippen LogP contribution is 2.28. The van der Waals surface area contributed by atoms with Crippen molar-refractivity contribution in [2.45, 2.75) is 6.92 Å². The average Bonchev–Trinajstić information content (AvgIpc) is 2.60. The number of benzene rings is 1. The number of halogens is 1. The van der Waals surface area contributed by atoms with Crippen molar-refractivity contribution in [2.24, 2.45) is 7.05 Å². The second-order valence-corrected chi connectivity index (χ2v) is 4.71. The summed E-state index contributed by atoms with van der Waals surface area (Å²) in [6.45, 7) is 1.84. The van der Waals surface area contributed by atoms with E-state index >= 15 is 0 Å². The van der Waals surface area contributed by atoms with Crippen molar-refractivity contribution in [1.29, 1.82) is 0 Å². The number of carboxylic acid groups (broad SMARTS) is 1. The van der Waals surface area contributed by atoms with Gasteiger partial charge in [-0.3, -0.25) is 0 Å². The van der Waals surface area contributed by atoms with Crippen molar-refractivity contribution < 1.29 is 14.6 Å². The summed E-state index contributed by atoms with van der Waals surface area (Å²) in [6.07, 6.45) is 0. The number of nitrogens with zero attached hydrogens (tertiary/aromatic N) is 2. The Labute approximate surface area is 112 Å². The van der Waals surface area contributed by atoms with Crippen molar-refractivity contribution in [2.75, 3.05) is 0 Å². The van der Waals surface area contributed by atoms with Gasteiger partial charge in [0.15, 0.2) is 0 Å². The zero-order chi connectivity index (χ0) is 13.3. The van der Waals surface area contributed by atoms with Gasteiger partial charge in [-0.15, -0.1) is 0 Å². The Morgan fingerprint density at radius 1 is 1.44 bits per heavy atom. The van der Waals surface area contributed by atoms with Crippen molar-refractivity contribution >= 4 is 21.9 Å². The van der Waals surface area contributed by atoms with Gasteiger partial charge in [0.1, 0.15) is 11.3 Å². The fourth-order valence-electron chi connectivity index (χ4n) is 1.55. The summed E-state index contributed by atoms with van der Waals surface area (Å²) in [5.74, 6) is -0.254. The number of aromatic carboxylic acids is 1. The van der Waals surface area contributed by atoms with Crippen molar-refractivity contribution in [3.05, 3.63) is 40.0 Å². The first kappa shape index (κ1) is 12.6. The van der Waals surface area contributed by atoms with Gasteiger partial charge in [-0.05, 0) is 25.1 Å². The normalized spacial score (nSPS) is 10.4. The first-order chi connectivity index (χ1) is 8.47. The van der Waals surface area contributed by atoms with Gasteiger partial charge in [0.2, 0.25) is 5.88 Å². The van der Waals surface area contributed by atoms with E-state index < -0.39 is 5.97 Å². The molecular weight excluding hydrogens is 300 g/mol. The van der Waals surface area contributed by atoms with Crippen LogP contribution in [0.25, 0.3) is 0 Å². The molecule has 0 aliphatic carbocycles. The van der Waals surface area contributed by atoms with Gasteiger partial charge in [0.25, 0.3) is 0 Å². The maximum absolute atomic E-state index is 11.1. The van der Waals surface area contributed by atoms with Crippen LogP contribution in [0, 0.1) is 6.92 Å². The third kappa shape index (κ3) is 2.53. The largest absolute Gasteiger partial charge is 0.478 e. The van der Waals surface area contributed by atoms with Crippen molar-refractivity contribution in [1.82, 2.24) is 9.78 Å². The van der Waals surface area contributed by atoms with Gasteiger partial charge in [-0.1, -0.05) is 15.9 Å². The van der Waals surface area contributed by atoms with Crippen LogP contribution in [0.2, 0.25) is 0 Å². The Kier molecular flexibility index (Phi) is 3.38. The molecule has 0 unspecified atom stereocenters. The molecule has 2 aromatic rings. The minimum absolute atomic E-state index is 0.100. The lowest BCUT2D eigenvalue weighted by molar-refractivity contribution is 0.0694. The smallest absolute Gasteiger partial charge is 0.339 e. The second-order valence-electron chi connectivity index (χ2n) is 3.80. The van der Waals surface area contributed by atoms with E-state index in [2.05, 4.69) is 21.0 Å². The molecular formula is C12H11BrN2O3. The fourth-order valence-corrected chi connectivity index (χ4v) is 1.91. The van der Waals surface area contributed by atoms with E-state index in [0.29, 0.717) is 10.4 Å². The number of rotatable bonds is 3. The van der Waals surface area contributed by atoms with Crippen LogP contribution in [0.15, 0.2) is 28.7 Å². The van der Waals surface area contributed by atoms with Crippen LogP contribution < -0.4 is 4.74 Å². The number of carboxylic acids is 1. The van der Waals surface area contributed by atoms with Gasteiger partial charge in [-0.25, -0.2) is 9.48 Å². The first-order valence-electron chi connectivity index (χ1n) is 5.18. The lowest BCUT2D eigenvalue weighted by Crippen LogP contribution is -2.02. The Hall–Kier alpha value is -1.82. The molecule has 0 fully saturated rings. The van der Waals surface area contributed by atoms with Crippen LogP contribution in [-0.4, -0.2) is 20.9 Å². The number of carbonyl (C=O) groups is 1. The molecule has 0 spiro atoms. The summed E-state index contributed by atoms with van der Waals surface area (Å²) in [6, 6.07) is 6.58. The van der Waals surface area contributed by atoms with Crippen molar-refractivity contribution in [3.8, 4) is 11.6 Å². The Balaban J connectivity index is 2.40. The third-order valence-corrected chi connectivity index (χ3v) is 2.84. The van der Waals surface area contributed by atoms with E-state index in [1.165, 1.54) is 6.07 Å². The first-order valence-corrected chi connectivity index (χ1v) is 5.98. The Morgan fingerprint density at radius 3 is 2.72 bits per heavy atom. The molecule has 1 aromatic carbocycles. The van der Waals surface area contributed by atoms with E-state index in [0.717, 1.165) is 5.69 Å². The van der Waals surface area contributed by atoms with Gasteiger partial charge in [0, 0.05) is 17.6 Å². The molecule has 1 heterocycles. The number of hydrogen-bond acceptors (Lipinski definition) is 3. The molecule has 0 saturated carbocycles. The molecule has 1 aromatic heterocycles. The summed E-state index contributed by atoms with van der Waals surface area (Å²) < 4.78 is 7.82. The highest BCUT2D eigenvalue weighted by molar-refractivity contribution is 9.10. The van der Waals surface area contributed by atoms with E-state index in [1.54, 1.807) is 29.9 Å². The van der Waals surface area contributed by atoms with Crippen LogP contribution in [0.5, 0.6) is 11.6 Å². The van der Waals surface area contributed by atoms with E-state index in [4.69, 9.17) is 9.84 Å².